The van der Waals surface area contributed by atoms with Crippen LogP contribution in [0.15, 0.2) is 60.7 Å². The Hall–Kier alpha value is -2.33. The molecule has 4 heteroatoms. The Labute approximate surface area is 137 Å². The summed E-state index contributed by atoms with van der Waals surface area (Å²) in [6.45, 7) is 4.03. The summed E-state index contributed by atoms with van der Waals surface area (Å²) in [7, 11) is 0. The second-order valence-electron chi connectivity index (χ2n) is 5.83. The van der Waals surface area contributed by atoms with Crippen LogP contribution in [0.5, 0.6) is 0 Å². The molecule has 2 atom stereocenters. The quantitative estimate of drug-likeness (QED) is 0.855. The summed E-state index contributed by atoms with van der Waals surface area (Å²) < 4.78 is 5.25. The molecule has 0 saturated carbocycles. The van der Waals surface area contributed by atoms with Crippen LogP contribution in [-0.2, 0) is 11.3 Å². The zero-order valence-corrected chi connectivity index (χ0v) is 13.5. The van der Waals surface area contributed by atoms with Gasteiger partial charge in [-0.2, -0.15) is 0 Å². The molecular formula is C19H23NO3. The smallest absolute Gasteiger partial charge is 0.408 e. The van der Waals surface area contributed by atoms with Crippen LogP contribution < -0.4 is 5.32 Å². The molecule has 0 spiro atoms. The lowest BCUT2D eigenvalue weighted by atomic mass is 9.94. The normalized spacial score (nSPS) is 13.4. The van der Waals surface area contributed by atoms with Crippen molar-refractivity contribution in [2.24, 2.45) is 5.92 Å². The molecule has 2 unspecified atom stereocenters. The van der Waals surface area contributed by atoms with E-state index < -0.39 is 18.2 Å². The minimum absolute atomic E-state index is 0.00892. The maximum atomic E-state index is 12.1. The summed E-state index contributed by atoms with van der Waals surface area (Å²) in [5, 5.41) is 13.2. The number of aliphatic hydroxyl groups is 1. The zero-order chi connectivity index (χ0) is 16.7. The van der Waals surface area contributed by atoms with Crippen molar-refractivity contribution in [3.63, 3.8) is 0 Å². The zero-order valence-electron chi connectivity index (χ0n) is 13.5. The Morgan fingerprint density at radius 1 is 1.04 bits per heavy atom. The van der Waals surface area contributed by atoms with E-state index in [1.54, 1.807) is 0 Å². The van der Waals surface area contributed by atoms with E-state index in [0.717, 1.165) is 11.1 Å². The number of rotatable bonds is 6. The number of carbonyl (C=O) groups excluding carboxylic acids is 1. The van der Waals surface area contributed by atoms with Crippen LogP contribution >= 0.6 is 0 Å². The third-order valence-electron chi connectivity index (χ3n) is 3.67. The Balaban J connectivity index is 2.01. The minimum atomic E-state index is -0.693. The summed E-state index contributed by atoms with van der Waals surface area (Å²) in [6.07, 6.45) is -1.23. The van der Waals surface area contributed by atoms with Gasteiger partial charge in [-0.15, -0.1) is 0 Å². The molecule has 0 saturated heterocycles. The third kappa shape index (κ3) is 5.11. The van der Waals surface area contributed by atoms with Gasteiger partial charge in [0.05, 0.1) is 12.1 Å². The molecule has 0 aliphatic heterocycles. The summed E-state index contributed by atoms with van der Waals surface area (Å²) in [5.74, 6) is 0.00892. The Kier molecular flexibility index (Phi) is 6.18. The van der Waals surface area contributed by atoms with Gasteiger partial charge in [0, 0.05) is 0 Å². The molecule has 2 aromatic rings. The van der Waals surface area contributed by atoms with Crippen molar-refractivity contribution in [1.82, 2.24) is 5.32 Å². The van der Waals surface area contributed by atoms with E-state index in [1.165, 1.54) is 0 Å². The molecular weight excluding hydrogens is 290 g/mol. The van der Waals surface area contributed by atoms with E-state index >= 15 is 0 Å². The molecule has 0 bridgehead atoms. The molecule has 122 valence electrons. The lowest BCUT2D eigenvalue weighted by molar-refractivity contribution is 0.0729. The Bertz CT molecular complexity index is 599. The second-order valence-corrected chi connectivity index (χ2v) is 5.83. The van der Waals surface area contributed by atoms with Crippen LogP contribution in [0.1, 0.15) is 31.0 Å². The first kappa shape index (κ1) is 17.0. The molecule has 2 N–H and O–H groups in total. The van der Waals surface area contributed by atoms with Gasteiger partial charge in [-0.25, -0.2) is 4.79 Å². The van der Waals surface area contributed by atoms with Gasteiger partial charge in [-0.05, 0) is 17.0 Å². The summed E-state index contributed by atoms with van der Waals surface area (Å²) >= 11 is 0. The number of alkyl carbamates (subject to hydrolysis) is 1. The van der Waals surface area contributed by atoms with E-state index in [1.807, 2.05) is 74.5 Å². The Morgan fingerprint density at radius 2 is 1.61 bits per heavy atom. The average molecular weight is 313 g/mol. The van der Waals surface area contributed by atoms with Crippen LogP contribution in [-0.4, -0.2) is 17.3 Å². The maximum Gasteiger partial charge on any atom is 0.408 e. The van der Waals surface area contributed by atoms with Gasteiger partial charge >= 0.3 is 6.09 Å². The largest absolute Gasteiger partial charge is 0.445 e. The predicted octanol–water partition coefficient (Wildman–Crippen LogP) is 3.67. The minimum Gasteiger partial charge on any atom is -0.445 e. The van der Waals surface area contributed by atoms with Crippen molar-refractivity contribution in [2.75, 3.05) is 0 Å². The fraction of sp³-hybridized carbons (Fsp3) is 0.316. The lowest BCUT2D eigenvalue weighted by Crippen LogP contribution is -2.39. The topological polar surface area (TPSA) is 58.6 Å². The monoisotopic (exact) mass is 313 g/mol. The fourth-order valence-corrected chi connectivity index (χ4v) is 2.30. The molecule has 4 nitrogen and oxygen atoms in total. The SMILES string of the molecule is CC(C)C(O)C(NC(=O)OCc1ccccc1)c1ccccc1. The van der Waals surface area contributed by atoms with Gasteiger partial charge < -0.3 is 15.2 Å². The third-order valence-corrected chi connectivity index (χ3v) is 3.67. The van der Waals surface area contributed by atoms with Crippen LogP contribution in [0, 0.1) is 5.92 Å². The molecule has 23 heavy (non-hydrogen) atoms. The first-order valence-electron chi connectivity index (χ1n) is 7.78. The van der Waals surface area contributed by atoms with Gasteiger partial charge in [0.1, 0.15) is 6.61 Å². The number of benzene rings is 2. The van der Waals surface area contributed by atoms with E-state index in [-0.39, 0.29) is 12.5 Å². The second kappa shape index (κ2) is 8.34. The first-order valence-corrected chi connectivity index (χ1v) is 7.78. The van der Waals surface area contributed by atoms with Crippen molar-refractivity contribution >= 4 is 6.09 Å². The van der Waals surface area contributed by atoms with Gasteiger partial charge in [0.15, 0.2) is 0 Å². The molecule has 0 radical (unpaired) electrons. The van der Waals surface area contributed by atoms with Gasteiger partial charge in [0.25, 0.3) is 0 Å². The maximum absolute atomic E-state index is 12.1. The van der Waals surface area contributed by atoms with E-state index in [4.69, 9.17) is 4.74 Å². The number of hydrogen-bond acceptors (Lipinski definition) is 3. The molecule has 0 fully saturated rings. The fourth-order valence-electron chi connectivity index (χ4n) is 2.30. The molecule has 0 aliphatic rings. The van der Waals surface area contributed by atoms with Crippen LogP contribution in [0.4, 0.5) is 4.79 Å². The van der Waals surface area contributed by atoms with Gasteiger partial charge in [-0.3, -0.25) is 0 Å². The summed E-state index contributed by atoms with van der Waals surface area (Å²) in [4.78, 5) is 12.1. The molecule has 1 amide bonds. The standard InChI is InChI=1S/C19H23NO3/c1-14(2)18(21)17(16-11-7-4-8-12-16)20-19(22)23-13-15-9-5-3-6-10-15/h3-12,14,17-18,21H,13H2,1-2H3,(H,20,22). The lowest BCUT2D eigenvalue weighted by Gasteiger charge is -2.27. The highest BCUT2D eigenvalue weighted by molar-refractivity contribution is 5.68. The van der Waals surface area contributed by atoms with E-state index in [0.29, 0.717) is 0 Å². The molecule has 2 rings (SSSR count). The molecule has 0 aliphatic carbocycles. The number of aliphatic hydroxyl groups excluding tert-OH is 1. The van der Waals surface area contributed by atoms with E-state index in [9.17, 15) is 9.90 Å². The summed E-state index contributed by atoms with van der Waals surface area (Å²) in [6, 6.07) is 18.4. The first-order chi connectivity index (χ1) is 11.1. The van der Waals surface area contributed by atoms with Crippen molar-refractivity contribution < 1.29 is 14.6 Å². The number of amides is 1. The number of carbonyl (C=O) groups is 1. The van der Waals surface area contributed by atoms with Crippen LogP contribution in [0.2, 0.25) is 0 Å². The molecule has 2 aromatic carbocycles. The van der Waals surface area contributed by atoms with Crippen molar-refractivity contribution in [3.05, 3.63) is 71.8 Å². The molecule has 0 aromatic heterocycles. The van der Waals surface area contributed by atoms with Gasteiger partial charge in [0.2, 0.25) is 0 Å². The highest BCUT2D eigenvalue weighted by atomic mass is 16.5. The van der Waals surface area contributed by atoms with Gasteiger partial charge in [-0.1, -0.05) is 74.5 Å². The average Bonchev–Trinajstić information content (AvgIpc) is 2.59. The van der Waals surface area contributed by atoms with Crippen LogP contribution in [0.25, 0.3) is 0 Å². The van der Waals surface area contributed by atoms with Crippen LogP contribution in [0.3, 0.4) is 0 Å². The molecule has 0 heterocycles. The predicted molar refractivity (Wildman–Crippen MR) is 89.8 cm³/mol. The Morgan fingerprint density at radius 3 is 2.17 bits per heavy atom. The van der Waals surface area contributed by atoms with Crippen molar-refractivity contribution in [3.8, 4) is 0 Å². The van der Waals surface area contributed by atoms with E-state index in [2.05, 4.69) is 5.32 Å². The van der Waals surface area contributed by atoms with Crippen molar-refractivity contribution in [2.45, 2.75) is 32.6 Å². The highest BCUT2D eigenvalue weighted by Gasteiger charge is 2.26. The van der Waals surface area contributed by atoms with Crippen molar-refractivity contribution in [1.29, 1.82) is 0 Å². The number of ether oxygens (including phenoxy) is 1. The number of nitrogens with one attached hydrogen (secondary N) is 1. The highest BCUT2D eigenvalue weighted by Crippen LogP contribution is 2.22. The number of hydrogen-bond donors (Lipinski definition) is 2. The summed E-state index contributed by atoms with van der Waals surface area (Å²) in [5.41, 5.74) is 1.77.